The van der Waals surface area contributed by atoms with E-state index < -0.39 is 10.0 Å². The Kier molecular flexibility index (Phi) is 3.72. The van der Waals surface area contributed by atoms with E-state index >= 15 is 0 Å². The maximum absolute atomic E-state index is 12.6. The van der Waals surface area contributed by atoms with Crippen molar-refractivity contribution in [3.05, 3.63) is 48.4 Å². The van der Waals surface area contributed by atoms with Crippen LogP contribution in [-0.2, 0) is 16.6 Å². The van der Waals surface area contributed by atoms with Crippen LogP contribution in [0.25, 0.3) is 10.9 Å². The van der Waals surface area contributed by atoms with E-state index in [1.165, 1.54) is 16.8 Å². The van der Waals surface area contributed by atoms with Crippen LogP contribution in [0.15, 0.2) is 48.0 Å². The van der Waals surface area contributed by atoms with Gasteiger partial charge in [-0.3, -0.25) is 9.71 Å². The Balaban J connectivity index is 2.11. The molecule has 0 radical (unpaired) electrons. The van der Waals surface area contributed by atoms with E-state index in [2.05, 4.69) is 20.8 Å². The monoisotopic (exact) mass is 327 g/mol. The molecule has 0 saturated carbocycles. The van der Waals surface area contributed by atoms with Crippen LogP contribution in [0.4, 0.5) is 5.69 Å². The number of rotatable bonds is 4. The number of benzene rings is 1. The maximum atomic E-state index is 12.6. The van der Waals surface area contributed by atoms with Crippen LogP contribution in [-0.4, -0.2) is 23.0 Å². The van der Waals surface area contributed by atoms with Gasteiger partial charge < -0.3 is 4.57 Å². The number of nitriles is 1. The summed E-state index contributed by atoms with van der Waals surface area (Å²) in [6.45, 7) is 2.32. The maximum Gasteiger partial charge on any atom is 0.295 e. The second kappa shape index (κ2) is 5.70. The van der Waals surface area contributed by atoms with Crippen LogP contribution in [0, 0.1) is 11.3 Å². The number of anilines is 1. The van der Waals surface area contributed by atoms with Crippen LogP contribution in [0.3, 0.4) is 0 Å². The highest BCUT2D eigenvalue weighted by Crippen LogP contribution is 2.26. The molecule has 0 aliphatic heterocycles. The molecule has 3 rings (SSSR count). The molecule has 3 aromatic rings. The molecule has 0 saturated heterocycles. The highest BCUT2D eigenvalue weighted by Gasteiger charge is 2.21. The Morgan fingerprint density at radius 3 is 2.83 bits per heavy atom. The van der Waals surface area contributed by atoms with Crippen molar-refractivity contribution >= 4 is 26.6 Å². The lowest BCUT2D eigenvalue weighted by Gasteiger charge is -2.11. The van der Waals surface area contributed by atoms with Crippen LogP contribution in [0.2, 0.25) is 0 Å². The van der Waals surface area contributed by atoms with E-state index in [9.17, 15) is 8.42 Å². The number of nitrogens with zero attached hydrogens (tertiary/aromatic N) is 4. The Bertz CT molecular complexity index is 1020. The smallest absolute Gasteiger partial charge is 0.295 e. The molecule has 0 bridgehead atoms. The van der Waals surface area contributed by atoms with E-state index in [1.54, 1.807) is 30.6 Å². The minimum Gasteiger partial charge on any atom is -0.321 e. The summed E-state index contributed by atoms with van der Waals surface area (Å²) in [4.78, 5) is 8.10. The number of hydrogen-bond acceptors (Lipinski definition) is 5. The third-order valence-electron chi connectivity index (χ3n) is 3.39. The van der Waals surface area contributed by atoms with E-state index in [-0.39, 0.29) is 5.16 Å². The number of nitrogens with one attached hydrogen (secondary N) is 1. The van der Waals surface area contributed by atoms with Crippen molar-refractivity contribution in [2.75, 3.05) is 4.72 Å². The van der Waals surface area contributed by atoms with Gasteiger partial charge in [0.1, 0.15) is 0 Å². The molecule has 0 aliphatic carbocycles. The van der Waals surface area contributed by atoms with Gasteiger partial charge in [0.25, 0.3) is 10.0 Å². The Labute approximate surface area is 133 Å². The highest BCUT2D eigenvalue weighted by atomic mass is 32.2. The number of hydrogen-bond donors (Lipinski definition) is 1. The number of aromatic nitrogens is 3. The molecular weight excluding hydrogens is 314 g/mol. The molecule has 0 fully saturated rings. The predicted molar refractivity (Wildman–Crippen MR) is 85.2 cm³/mol. The molecule has 2 heterocycles. The normalized spacial score (nSPS) is 11.3. The zero-order valence-corrected chi connectivity index (χ0v) is 13.1. The average molecular weight is 327 g/mol. The molecule has 116 valence electrons. The first-order valence-corrected chi connectivity index (χ1v) is 8.37. The van der Waals surface area contributed by atoms with Gasteiger partial charge in [-0.05, 0) is 31.2 Å². The summed E-state index contributed by atoms with van der Waals surface area (Å²) in [7, 11) is -3.84. The minimum atomic E-state index is -3.84. The lowest BCUT2D eigenvalue weighted by molar-refractivity contribution is 0.574. The molecule has 0 aliphatic rings. The molecule has 1 N–H and O–H groups in total. The van der Waals surface area contributed by atoms with Crippen LogP contribution in [0.5, 0.6) is 0 Å². The highest BCUT2D eigenvalue weighted by molar-refractivity contribution is 7.92. The zero-order chi connectivity index (χ0) is 16.4. The first-order chi connectivity index (χ1) is 11.1. The number of pyridine rings is 1. The number of sulfonamides is 1. The zero-order valence-electron chi connectivity index (χ0n) is 12.3. The van der Waals surface area contributed by atoms with Gasteiger partial charge in [-0.2, -0.15) is 13.7 Å². The number of fused-ring (bicyclic) bond motifs is 1. The summed E-state index contributed by atoms with van der Waals surface area (Å²) >= 11 is 0. The number of aryl methyl sites for hydroxylation is 1. The largest absolute Gasteiger partial charge is 0.321 e. The summed E-state index contributed by atoms with van der Waals surface area (Å²) in [6.07, 6.45) is 4.59. The van der Waals surface area contributed by atoms with Crippen molar-refractivity contribution in [2.45, 2.75) is 18.6 Å². The fourth-order valence-corrected chi connectivity index (χ4v) is 3.57. The standard InChI is InChI=1S/C15H13N5O2S/c1-2-20-9-8-18-15(20)23(21,22)19-13-6-5-11(10-16)12-4-3-7-17-14(12)13/h3-9,19H,2H2,1H3. The van der Waals surface area contributed by atoms with Crippen molar-refractivity contribution in [3.63, 3.8) is 0 Å². The SMILES string of the molecule is CCn1ccnc1S(=O)(=O)Nc1ccc(C#N)c2cccnc12. The van der Waals surface area contributed by atoms with Gasteiger partial charge >= 0.3 is 0 Å². The van der Waals surface area contributed by atoms with E-state index in [1.807, 2.05) is 6.92 Å². The van der Waals surface area contributed by atoms with E-state index in [4.69, 9.17) is 5.26 Å². The van der Waals surface area contributed by atoms with Crippen molar-refractivity contribution in [1.29, 1.82) is 5.26 Å². The second-order valence-corrected chi connectivity index (χ2v) is 6.35. The van der Waals surface area contributed by atoms with Crippen molar-refractivity contribution in [1.82, 2.24) is 14.5 Å². The lowest BCUT2D eigenvalue weighted by atomic mass is 10.1. The molecular formula is C15H13N5O2S. The fraction of sp³-hybridized carbons (Fsp3) is 0.133. The van der Waals surface area contributed by atoms with Crippen molar-refractivity contribution < 1.29 is 8.42 Å². The molecule has 1 aromatic carbocycles. The molecule has 23 heavy (non-hydrogen) atoms. The molecule has 0 spiro atoms. The van der Waals surface area contributed by atoms with Gasteiger partial charge in [-0.1, -0.05) is 0 Å². The molecule has 7 nitrogen and oxygen atoms in total. The van der Waals surface area contributed by atoms with Crippen LogP contribution < -0.4 is 4.72 Å². The van der Waals surface area contributed by atoms with Gasteiger partial charge in [0.2, 0.25) is 5.16 Å². The van der Waals surface area contributed by atoms with Gasteiger partial charge in [-0.25, -0.2) is 4.98 Å². The molecule has 8 heteroatoms. The molecule has 0 atom stereocenters. The third-order valence-corrected chi connectivity index (χ3v) is 4.70. The third kappa shape index (κ3) is 2.62. The summed E-state index contributed by atoms with van der Waals surface area (Å²) < 4.78 is 29.1. The predicted octanol–water partition coefficient (Wildman–Crippen LogP) is 2.12. The van der Waals surface area contributed by atoms with Crippen molar-refractivity contribution in [2.24, 2.45) is 0 Å². The quantitative estimate of drug-likeness (QED) is 0.791. The summed E-state index contributed by atoms with van der Waals surface area (Å²) in [5, 5.41) is 9.68. The topological polar surface area (TPSA) is 101 Å². The minimum absolute atomic E-state index is 0.0616. The first kappa shape index (κ1) is 15.0. The van der Waals surface area contributed by atoms with E-state index in [0.717, 1.165) is 0 Å². The summed E-state index contributed by atoms with van der Waals surface area (Å²) in [6, 6.07) is 8.60. The average Bonchev–Trinajstić information content (AvgIpc) is 3.05. The Morgan fingerprint density at radius 2 is 2.09 bits per heavy atom. The van der Waals surface area contributed by atoms with Crippen LogP contribution >= 0.6 is 0 Å². The van der Waals surface area contributed by atoms with Crippen molar-refractivity contribution in [3.8, 4) is 6.07 Å². The second-order valence-electron chi connectivity index (χ2n) is 4.77. The summed E-state index contributed by atoms with van der Waals surface area (Å²) in [5.41, 5.74) is 1.17. The molecule has 0 amide bonds. The van der Waals surface area contributed by atoms with Gasteiger partial charge in [0.05, 0.1) is 22.8 Å². The summed E-state index contributed by atoms with van der Waals surface area (Å²) in [5.74, 6) is 0. The molecule has 0 unspecified atom stereocenters. The number of imidazole rings is 1. The van der Waals surface area contributed by atoms with Gasteiger partial charge in [0, 0.05) is 30.5 Å². The van der Waals surface area contributed by atoms with Crippen LogP contribution in [0.1, 0.15) is 12.5 Å². The van der Waals surface area contributed by atoms with Gasteiger partial charge in [-0.15, -0.1) is 0 Å². The lowest BCUT2D eigenvalue weighted by Crippen LogP contribution is -2.18. The Morgan fingerprint density at radius 1 is 1.26 bits per heavy atom. The Hall–Kier alpha value is -2.92. The van der Waals surface area contributed by atoms with Gasteiger partial charge in [0.15, 0.2) is 0 Å². The van der Waals surface area contributed by atoms with E-state index in [0.29, 0.717) is 28.7 Å². The molecule has 2 aromatic heterocycles. The fourth-order valence-electron chi connectivity index (χ4n) is 2.32. The first-order valence-electron chi connectivity index (χ1n) is 6.88.